The smallest absolute Gasteiger partial charge is 0.308 e. The van der Waals surface area contributed by atoms with Gasteiger partial charge in [0.15, 0.2) is 0 Å². The molecule has 2 unspecified atom stereocenters. The van der Waals surface area contributed by atoms with Crippen molar-refractivity contribution in [3.63, 3.8) is 0 Å². The van der Waals surface area contributed by atoms with Gasteiger partial charge in [0.1, 0.15) is 6.04 Å². The van der Waals surface area contributed by atoms with Crippen LogP contribution in [0.4, 0.5) is 5.69 Å². The second kappa shape index (κ2) is 8.99. The van der Waals surface area contributed by atoms with E-state index in [0.29, 0.717) is 24.9 Å². The van der Waals surface area contributed by atoms with E-state index in [0.717, 1.165) is 10.8 Å². The molecule has 2 aromatic carbocycles. The number of benzene rings is 2. The number of anilines is 1. The minimum atomic E-state index is -0.981. The zero-order valence-electron chi connectivity index (χ0n) is 19.7. The number of carboxylic acids is 1. The van der Waals surface area contributed by atoms with Gasteiger partial charge in [-0.2, -0.15) is 0 Å². The quantitative estimate of drug-likeness (QED) is 0.547. The van der Waals surface area contributed by atoms with Gasteiger partial charge in [0.25, 0.3) is 5.91 Å². The highest BCUT2D eigenvalue weighted by molar-refractivity contribution is 8.02. The summed E-state index contributed by atoms with van der Waals surface area (Å²) in [5.74, 6) is -3.12. The Balaban J connectivity index is 1.62. The number of carbonyl (C=O) groups excluding carboxylic acids is 2. The van der Waals surface area contributed by atoms with E-state index in [2.05, 4.69) is 6.58 Å². The molecule has 3 aliphatic heterocycles. The van der Waals surface area contributed by atoms with Crippen LogP contribution >= 0.6 is 11.8 Å². The molecule has 1 spiro atoms. The molecular weight excluding hydrogens is 464 g/mol. The van der Waals surface area contributed by atoms with Gasteiger partial charge in [0, 0.05) is 17.5 Å². The third-order valence-electron chi connectivity index (χ3n) is 7.95. The maximum Gasteiger partial charge on any atom is 0.308 e. The van der Waals surface area contributed by atoms with Crippen molar-refractivity contribution in [2.75, 3.05) is 18.1 Å². The minimum absolute atomic E-state index is 0.179. The molecule has 7 nitrogen and oxygen atoms in total. The first-order valence-corrected chi connectivity index (χ1v) is 13.0. The Hall–Kier alpha value is -2.84. The van der Waals surface area contributed by atoms with Crippen LogP contribution in [0.15, 0.2) is 55.1 Å². The molecule has 184 valence electrons. The van der Waals surface area contributed by atoms with E-state index in [9.17, 15) is 24.6 Å². The molecular formula is C27H30N2O5S. The molecule has 2 N–H and O–H groups in total. The summed E-state index contributed by atoms with van der Waals surface area (Å²) in [6.07, 6.45) is 3.40. The van der Waals surface area contributed by atoms with Crippen LogP contribution in [-0.2, 0) is 14.4 Å². The summed E-state index contributed by atoms with van der Waals surface area (Å²) in [4.78, 5) is 43.6. The predicted octanol–water partition coefficient (Wildman–Crippen LogP) is 3.31. The highest BCUT2D eigenvalue weighted by Gasteiger charge is 2.74. The fourth-order valence-corrected chi connectivity index (χ4v) is 8.60. The van der Waals surface area contributed by atoms with Gasteiger partial charge in [-0.3, -0.25) is 14.4 Å². The number of likely N-dealkylation sites (tertiary alicyclic amines) is 1. The lowest BCUT2D eigenvalue weighted by Gasteiger charge is -2.39. The molecule has 3 aliphatic rings. The molecule has 0 aromatic heterocycles. The third-order valence-corrected chi connectivity index (χ3v) is 9.91. The Morgan fingerprint density at radius 3 is 2.69 bits per heavy atom. The SMILES string of the molecule is C=CCN(C(=O)C1N([C@@H](CC)CO)C(=O)[C@@H]2[C@@H](C(=O)O)[C@H]3CCC12S3)c1ccc2ccccc2c1. The van der Waals surface area contributed by atoms with Crippen molar-refractivity contribution < 1.29 is 24.6 Å². The van der Waals surface area contributed by atoms with Crippen LogP contribution in [0.2, 0.25) is 0 Å². The molecule has 2 aromatic rings. The number of fused-ring (bicyclic) bond motifs is 2. The number of aliphatic carboxylic acids is 1. The highest BCUT2D eigenvalue weighted by atomic mass is 32.2. The molecule has 3 fully saturated rings. The molecule has 5 rings (SSSR count). The van der Waals surface area contributed by atoms with Crippen molar-refractivity contribution in [2.24, 2.45) is 11.8 Å². The van der Waals surface area contributed by atoms with Crippen molar-refractivity contribution in [3.05, 3.63) is 55.1 Å². The van der Waals surface area contributed by atoms with Crippen LogP contribution in [0.3, 0.4) is 0 Å². The monoisotopic (exact) mass is 494 g/mol. The van der Waals surface area contributed by atoms with E-state index in [1.807, 2.05) is 49.4 Å². The van der Waals surface area contributed by atoms with Gasteiger partial charge in [-0.15, -0.1) is 18.3 Å². The zero-order valence-corrected chi connectivity index (χ0v) is 20.5. The van der Waals surface area contributed by atoms with E-state index in [1.54, 1.807) is 11.0 Å². The molecule has 0 aliphatic carbocycles. The molecule has 3 heterocycles. The Morgan fingerprint density at radius 1 is 1.29 bits per heavy atom. The third kappa shape index (κ3) is 3.49. The average Bonchev–Trinajstić information content (AvgIpc) is 3.50. The highest BCUT2D eigenvalue weighted by Crippen LogP contribution is 2.66. The van der Waals surface area contributed by atoms with E-state index in [1.165, 1.54) is 16.7 Å². The summed E-state index contributed by atoms with van der Waals surface area (Å²) >= 11 is 1.50. The topological polar surface area (TPSA) is 98.2 Å². The fourth-order valence-electron chi connectivity index (χ4n) is 6.40. The number of aliphatic hydroxyl groups is 1. The van der Waals surface area contributed by atoms with Crippen molar-refractivity contribution in [1.29, 1.82) is 0 Å². The molecule has 2 bridgehead atoms. The summed E-state index contributed by atoms with van der Waals surface area (Å²) in [5.41, 5.74) is 0.699. The van der Waals surface area contributed by atoms with Gasteiger partial charge in [0.2, 0.25) is 5.91 Å². The van der Waals surface area contributed by atoms with Crippen LogP contribution in [0, 0.1) is 11.8 Å². The van der Waals surface area contributed by atoms with Crippen LogP contribution in [0.1, 0.15) is 26.2 Å². The summed E-state index contributed by atoms with van der Waals surface area (Å²) in [5, 5.41) is 22.0. The number of amides is 2. The fraction of sp³-hybridized carbons (Fsp3) is 0.444. The second-order valence-electron chi connectivity index (χ2n) is 9.65. The molecule has 0 radical (unpaired) electrons. The van der Waals surface area contributed by atoms with E-state index >= 15 is 0 Å². The summed E-state index contributed by atoms with van der Waals surface area (Å²) in [6.45, 7) is 5.69. The van der Waals surface area contributed by atoms with Crippen LogP contribution in [0.5, 0.6) is 0 Å². The summed E-state index contributed by atoms with van der Waals surface area (Å²) in [7, 11) is 0. The first-order valence-electron chi connectivity index (χ1n) is 12.1. The van der Waals surface area contributed by atoms with Crippen LogP contribution < -0.4 is 4.90 Å². The van der Waals surface area contributed by atoms with E-state index in [-0.39, 0.29) is 30.2 Å². The lowest BCUT2D eigenvalue weighted by molar-refractivity contribution is -0.149. The lowest BCUT2D eigenvalue weighted by Crippen LogP contribution is -2.57. The number of nitrogens with zero attached hydrogens (tertiary/aromatic N) is 2. The van der Waals surface area contributed by atoms with Crippen LogP contribution in [0.25, 0.3) is 10.8 Å². The average molecular weight is 495 g/mol. The number of carbonyl (C=O) groups is 3. The van der Waals surface area contributed by atoms with E-state index < -0.39 is 34.6 Å². The maximum absolute atomic E-state index is 14.4. The number of carboxylic acid groups (broad SMARTS) is 1. The Bertz CT molecular complexity index is 1200. The van der Waals surface area contributed by atoms with Gasteiger partial charge in [-0.05, 0) is 42.2 Å². The molecule has 6 atom stereocenters. The Kier molecular flexibility index (Phi) is 6.13. The maximum atomic E-state index is 14.4. The van der Waals surface area contributed by atoms with E-state index in [4.69, 9.17) is 0 Å². The van der Waals surface area contributed by atoms with Gasteiger partial charge < -0.3 is 20.0 Å². The molecule has 35 heavy (non-hydrogen) atoms. The Labute approximate surface area is 208 Å². The number of thioether (sulfide) groups is 1. The zero-order chi connectivity index (χ0) is 24.9. The summed E-state index contributed by atoms with van der Waals surface area (Å²) in [6, 6.07) is 12.3. The van der Waals surface area contributed by atoms with Crippen LogP contribution in [-0.4, -0.2) is 68.1 Å². The summed E-state index contributed by atoms with van der Waals surface area (Å²) < 4.78 is -0.805. The molecule has 3 saturated heterocycles. The first kappa shape index (κ1) is 23.9. The first-order chi connectivity index (χ1) is 16.9. The van der Waals surface area contributed by atoms with Gasteiger partial charge in [-0.1, -0.05) is 43.3 Å². The second-order valence-corrected chi connectivity index (χ2v) is 11.3. The van der Waals surface area contributed by atoms with Crippen molar-refractivity contribution >= 4 is 46.0 Å². The predicted molar refractivity (Wildman–Crippen MR) is 136 cm³/mol. The van der Waals surface area contributed by atoms with Crippen molar-refractivity contribution in [2.45, 2.75) is 48.3 Å². The normalized spacial score (nSPS) is 29.9. The number of hydrogen-bond acceptors (Lipinski definition) is 5. The molecule has 2 amide bonds. The number of aliphatic hydroxyl groups excluding tert-OH is 1. The molecule has 0 saturated carbocycles. The van der Waals surface area contributed by atoms with Gasteiger partial charge in [-0.25, -0.2) is 0 Å². The minimum Gasteiger partial charge on any atom is -0.481 e. The van der Waals surface area contributed by atoms with Gasteiger partial charge in [0.05, 0.1) is 29.2 Å². The van der Waals surface area contributed by atoms with Gasteiger partial charge >= 0.3 is 5.97 Å². The standard InChI is InChI=1S/C27H30N2O5S/c1-3-13-28(19-10-9-16-7-5-6-8-17(16)14-19)25(32)23-27-12-11-20(35-27)21(26(33)34)22(27)24(31)29(23)18(4-2)15-30/h3,5-10,14,18,20-23,30H,1,4,11-13,15H2,2H3,(H,33,34)/t18-,20+,21-,22-,23?,27?/m0/s1. The largest absolute Gasteiger partial charge is 0.481 e. The van der Waals surface area contributed by atoms with Crippen molar-refractivity contribution in [1.82, 2.24) is 4.90 Å². The Morgan fingerprint density at radius 2 is 2.03 bits per heavy atom. The number of hydrogen-bond donors (Lipinski definition) is 2. The van der Waals surface area contributed by atoms with Crippen molar-refractivity contribution in [3.8, 4) is 0 Å². The number of rotatable bonds is 8. The molecule has 8 heteroatoms. The lowest BCUT2D eigenvalue weighted by atomic mass is 9.71.